The molecule has 5 nitrogen and oxygen atoms in total. The molecule has 0 aliphatic rings. The van der Waals surface area contributed by atoms with Crippen LogP contribution in [0.2, 0.25) is 0 Å². The van der Waals surface area contributed by atoms with Crippen molar-refractivity contribution < 1.29 is 4.79 Å². The van der Waals surface area contributed by atoms with E-state index in [-0.39, 0.29) is 11.9 Å². The van der Waals surface area contributed by atoms with Gasteiger partial charge in [-0.05, 0) is 45.0 Å². The zero-order chi connectivity index (χ0) is 14.5. The SMILES string of the molecule is Cc1cccc(C(=O)Nc2ccc(NC(C)C)nn2)c1. The number of aryl methyl sites for hydroxylation is 1. The van der Waals surface area contributed by atoms with Crippen molar-refractivity contribution in [3.63, 3.8) is 0 Å². The van der Waals surface area contributed by atoms with Gasteiger partial charge in [0.1, 0.15) is 5.82 Å². The van der Waals surface area contributed by atoms with Crippen LogP contribution >= 0.6 is 0 Å². The lowest BCUT2D eigenvalue weighted by Crippen LogP contribution is -2.15. The Kier molecular flexibility index (Phi) is 4.30. The number of benzene rings is 1. The Bertz CT molecular complexity index is 593. The highest BCUT2D eigenvalue weighted by Gasteiger charge is 2.07. The second-order valence-corrected chi connectivity index (χ2v) is 4.93. The Balaban J connectivity index is 2.04. The molecule has 0 radical (unpaired) electrons. The molecule has 0 saturated carbocycles. The molecule has 20 heavy (non-hydrogen) atoms. The van der Waals surface area contributed by atoms with Gasteiger partial charge in [0.15, 0.2) is 5.82 Å². The van der Waals surface area contributed by atoms with Gasteiger partial charge in [0.2, 0.25) is 0 Å². The van der Waals surface area contributed by atoms with Gasteiger partial charge in [0.05, 0.1) is 0 Å². The van der Waals surface area contributed by atoms with Gasteiger partial charge in [0, 0.05) is 11.6 Å². The van der Waals surface area contributed by atoms with Crippen LogP contribution in [-0.4, -0.2) is 22.1 Å². The van der Waals surface area contributed by atoms with Gasteiger partial charge in [-0.3, -0.25) is 4.79 Å². The third kappa shape index (κ3) is 3.78. The van der Waals surface area contributed by atoms with E-state index in [0.29, 0.717) is 17.2 Å². The predicted octanol–water partition coefficient (Wildman–Crippen LogP) is 2.86. The Labute approximate surface area is 118 Å². The second-order valence-electron chi connectivity index (χ2n) is 4.93. The maximum Gasteiger partial charge on any atom is 0.256 e. The van der Waals surface area contributed by atoms with Crippen molar-refractivity contribution in [2.45, 2.75) is 26.8 Å². The Morgan fingerprint density at radius 3 is 2.40 bits per heavy atom. The Morgan fingerprint density at radius 2 is 1.80 bits per heavy atom. The van der Waals surface area contributed by atoms with Crippen LogP contribution in [0.4, 0.5) is 11.6 Å². The zero-order valence-electron chi connectivity index (χ0n) is 11.8. The van der Waals surface area contributed by atoms with E-state index >= 15 is 0 Å². The summed E-state index contributed by atoms with van der Waals surface area (Å²) in [5, 5.41) is 13.8. The first kappa shape index (κ1) is 14.0. The number of aromatic nitrogens is 2. The maximum atomic E-state index is 12.0. The fourth-order valence-electron chi connectivity index (χ4n) is 1.75. The molecule has 0 spiro atoms. The monoisotopic (exact) mass is 270 g/mol. The van der Waals surface area contributed by atoms with E-state index in [1.165, 1.54) is 0 Å². The van der Waals surface area contributed by atoms with E-state index in [9.17, 15) is 4.79 Å². The van der Waals surface area contributed by atoms with Gasteiger partial charge in [-0.15, -0.1) is 10.2 Å². The van der Waals surface area contributed by atoms with Gasteiger partial charge in [0.25, 0.3) is 5.91 Å². The summed E-state index contributed by atoms with van der Waals surface area (Å²) in [7, 11) is 0. The highest BCUT2D eigenvalue weighted by molar-refractivity contribution is 6.03. The molecular weight excluding hydrogens is 252 g/mol. The fourth-order valence-corrected chi connectivity index (χ4v) is 1.75. The molecule has 0 saturated heterocycles. The van der Waals surface area contributed by atoms with E-state index < -0.39 is 0 Å². The third-order valence-corrected chi connectivity index (χ3v) is 2.62. The molecule has 104 valence electrons. The Hall–Kier alpha value is -2.43. The van der Waals surface area contributed by atoms with Crippen LogP contribution in [0.5, 0.6) is 0 Å². The van der Waals surface area contributed by atoms with Crippen molar-refractivity contribution in [3.05, 3.63) is 47.5 Å². The predicted molar refractivity (Wildman–Crippen MR) is 79.9 cm³/mol. The number of hydrogen-bond donors (Lipinski definition) is 2. The van der Waals surface area contributed by atoms with Gasteiger partial charge < -0.3 is 10.6 Å². The summed E-state index contributed by atoms with van der Waals surface area (Å²) in [6.07, 6.45) is 0. The summed E-state index contributed by atoms with van der Waals surface area (Å²) < 4.78 is 0. The first-order valence-corrected chi connectivity index (χ1v) is 6.53. The third-order valence-electron chi connectivity index (χ3n) is 2.62. The molecule has 1 amide bonds. The molecule has 0 fully saturated rings. The normalized spacial score (nSPS) is 10.4. The van der Waals surface area contributed by atoms with E-state index in [4.69, 9.17) is 0 Å². The van der Waals surface area contributed by atoms with Crippen LogP contribution < -0.4 is 10.6 Å². The number of amides is 1. The molecule has 0 bridgehead atoms. The number of nitrogens with one attached hydrogen (secondary N) is 2. The van der Waals surface area contributed by atoms with E-state index in [0.717, 1.165) is 5.56 Å². The van der Waals surface area contributed by atoms with Crippen LogP contribution in [0.15, 0.2) is 36.4 Å². The minimum absolute atomic E-state index is 0.187. The van der Waals surface area contributed by atoms with E-state index in [1.807, 2.05) is 39.0 Å². The molecule has 0 aliphatic carbocycles. The average Bonchev–Trinajstić information content (AvgIpc) is 2.40. The van der Waals surface area contributed by atoms with Crippen LogP contribution in [0.25, 0.3) is 0 Å². The lowest BCUT2D eigenvalue weighted by Gasteiger charge is -2.09. The number of nitrogens with zero attached hydrogens (tertiary/aromatic N) is 2. The van der Waals surface area contributed by atoms with E-state index in [1.54, 1.807) is 18.2 Å². The standard InChI is InChI=1S/C15H18N4O/c1-10(2)16-13-7-8-14(19-18-13)17-15(20)12-6-4-5-11(3)9-12/h4-10H,1-3H3,(H,16,18)(H,17,19,20). The van der Waals surface area contributed by atoms with Crippen molar-refractivity contribution in [2.24, 2.45) is 0 Å². The molecule has 5 heteroatoms. The lowest BCUT2D eigenvalue weighted by atomic mass is 10.1. The highest BCUT2D eigenvalue weighted by Crippen LogP contribution is 2.10. The maximum absolute atomic E-state index is 12.0. The van der Waals surface area contributed by atoms with Crippen molar-refractivity contribution in [1.82, 2.24) is 10.2 Å². The van der Waals surface area contributed by atoms with Gasteiger partial charge >= 0.3 is 0 Å². The molecule has 0 aliphatic heterocycles. The molecular formula is C15H18N4O. The average molecular weight is 270 g/mol. The van der Waals surface area contributed by atoms with Crippen LogP contribution in [0, 0.1) is 6.92 Å². The van der Waals surface area contributed by atoms with Gasteiger partial charge in [-0.2, -0.15) is 0 Å². The summed E-state index contributed by atoms with van der Waals surface area (Å²) in [5.41, 5.74) is 1.65. The molecule has 0 unspecified atom stereocenters. The summed E-state index contributed by atoms with van der Waals surface area (Å²) in [5.74, 6) is 0.937. The van der Waals surface area contributed by atoms with Crippen LogP contribution in [0.1, 0.15) is 29.8 Å². The van der Waals surface area contributed by atoms with Crippen molar-refractivity contribution in [2.75, 3.05) is 10.6 Å². The van der Waals surface area contributed by atoms with Crippen molar-refractivity contribution in [3.8, 4) is 0 Å². The topological polar surface area (TPSA) is 66.9 Å². The second kappa shape index (κ2) is 6.14. The largest absolute Gasteiger partial charge is 0.366 e. The first-order valence-electron chi connectivity index (χ1n) is 6.53. The molecule has 1 aromatic carbocycles. The van der Waals surface area contributed by atoms with Crippen molar-refractivity contribution >= 4 is 17.5 Å². The first-order chi connectivity index (χ1) is 9.54. The summed E-state index contributed by atoms with van der Waals surface area (Å²) in [6.45, 7) is 5.99. The summed E-state index contributed by atoms with van der Waals surface area (Å²) in [6, 6.07) is 11.2. The minimum Gasteiger partial charge on any atom is -0.366 e. The van der Waals surface area contributed by atoms with E-state index in [2.05, 4.69) is 20.8 Å². The number of rotatable bonds is 4. The number of carbonyl (C=O) groups excluding carboxylic acids is 1. The zero-order valence-corrected chi connectivity index (χ0v) is 11.8. The van der Waals surface area contributed by atoms with Gasteiger partial charge in [-0.25, -0.2) is 0 Å². The van der Waals surface area contributed by atoms with Crippen LogP contribution in [-0.2, 0) is 0 Å². The fraction of sp³-hybridized carbons (Fsp3) is 0.267. The molecule has 1 aromatic heterocycles. The molecule has 2 rings (SSSR count). The lowest BCUT2D eigenvalue weighted by molar-refractivity contribution is 0.102. The minimum atomic E-state index is -0.187. The Morgan fingerprint density at radius 1 is 1.10 bits per heavy atom. The van der Waals surface area contributed by atoms with Crippen molar-refractivity contribution in [1.29, 1.82) is 0 Å². The highest BCUT2D eigenvalue weighted by atomic mass is 16.1. The smallest absolute Gasteiger partial charge is 0.256 e. The molecule has 2 aromatic rings. The van der Waals surface area contributed by atoms with Crippen LogP contribution in [0.3, 0.4) is 0 Å². The number of anilines is 2. The number of hydrogen-bond acceptors (Lipinski definition) is 4. The molecule has 2 N–H and O–H groups in total. The quantitative estimate of drug-likeness (QED) is 0.896. The summed E-state index contributed by atoms with van der Waals surface area (Å²) in [4.78, 5) is 12.0. The molecule has 1 heterocycles. The number of carbonyl (C=O) groups is 1. The molecule has 0 atom stereocenters. The summed E-state index contributed by atoms with van der Waals surface area (Å²) >= 11 is 0. The van der Waals surface area contributed by atoms with Gasteiger partial charge in [-0.1, -0.05) is 17.7 Å².